The van der Waals surface area contributed by atoms with Crippen LogP contribution < -0.4 is 0 Å². The van der Waals surface area contributed by atoms with Gasteiger partial charge in [0.05, 0.1) is 0 Å². The van der Waals surface area contributed by atoms with Gasteiger partial charge in [0, 0.05) is 26.2 Å². The molecule has 0 amide bonds. The van der Waals surface area contributed by atoms with Gasteiger partial charge in [0.25, 0.3) is 0 Å². The van der Waals surface area contributed by atoms with Crippen LogP contribution in [0.4, 0.5) is 0 Å². The molecular formula is C16H14P2Zr. The zero-order valence-electron chi connectivity index (χ0n) is 10.4. The number of hydrogen-bond donors (Lipinski definition) is 0. The zero-order valence-corrected chi connectivity index (χ0v) is 14.9. The quantitative estimate of drug-likeness (QED) is 0.376. The Kier molecular flexibility index (Phi) is 5.65. The second-order valence-corrected chi connectivity index (χ2v) is 6.45. The molecule has 0 spiro atoms. The maximum absolute atomic E-state index is 2.23. The summed E-state index contributed by atoms with van der Waals surface area (Å²) < 4.78 is 0. The Balaban J connectivity index is 0.000000133. The number of benzene rings is 2. The standard InChI is InChI=1S/2C8H7P.Zr/c2*1-2-4-8-7(3-1)5-6-9-8;/h2*1-6,9H;. The fraction of sp³-hybridized carbons (Fsp3) is 0. The predicted molar refractivity (Wildman–Crippen MR) is 86.9 cm³/mol. The molecule has 2 aromatic heterocycles. The van der Waals surface area contributed by atoms with Crippen molar-refractivity contribution >= 4 is 37.4 Å². The molecule has 2 unspecified atom stereocenters. The summed E-state index contributed by atoms with van der Waals surface area (Å²) in [5.74, 6) is 4.45. The van der Waals surface area contributed by atoms with Gasteiger partial charge < -0.3 is 0 Å². The molecule has 2 aromatic carbocycles. The third-order valence-corrected chi connectivity index (χ3v) is 5.12. The van der Waals surface area contributed by atoms with Crippen LogP contribution in [0.15, 0.2) is 72.3 Å². The van der Waals surface area contributed by atoms with Crippen molar-refractivity contribution < 1.29 is 26.2 Å². The van der Waals surface area contributed by atoms with Crippen LogP contribution >= 0.6 is 16.4 Å². The van der Waals surface area contributed by atoms with Gasteiger partial charge in [0.1, 0.15) is 0 Å². The monoisotopic (exact) mass is 358 g/mol. The molecule has 2 heterocycles. The van der Waals surface area contributed by atoms with E-state index in [2.05, 4.69) is 72.3 Å². The van der Waals surface area contributed by atoms with E-state index >= 15 is 0 Å². The Morgan fingerprint density at radius 2 is 0.947 bits per heavy atom. The van der Waals surface area contributed by atoms with Crippen LogP contribution in [0.25, 0.3) is 21.0 Å². The van der Waals surface area contributed by atoms with E-state index < -0.39 is 0 Å². The molecule has 0 N–H and O–H groups in total. The summed E-state index contributed by atoms with van der Waals surface area (Å²) in [5, 5.41) is 5.77. The Bertz CT molecular complexity index is 629. The fourth-order valence-electron chi connectivity index (χ4n) is 1.99. The molecule has 19 heavy (non-hydrogen) atoms. The Morgan fingerprint density at radius 1 is 0.526 bits per heavy atom. The van der Waals surface area contributed by atoms with Crippen molar-refractivity contribution in [3.63, 3.8) is 0 Å². The van der Waals surface area contributed by atoms with E-state index in [0.29, 0.717) is 0 Å². The SMILES string of the molecule is [Zr].c1ccc2[pH]ccc2c1.c1ccc2[pH]ccc2c1. The summed E-state index contributed by atoms with van der Waals surface area (Å²) in [6, 6.07) is 21.4. The molecule has 4 rings (SSSR count). The van der Waals surface area contributed by atoms with Gasteiger partial charge in [0.2, 0.25) is 0 Å². The summed E-state index contributed by atoms with van der Waals surface area (Å²) >= 11 is 0. The van der Waals surface area contributed by atoms with Crippen molar-refractivity contribution in [2.45, 2.75) is 0 Å². The molecule has 2 atom stereocenters. The first-order valence-corrected chi connectivity index (χ1v) is 8.13. The molecular weight excluding hydrogens is 345 g/mol. The van der Waals surface area contributed by atoms with E-state index in [9.17, 15) is 0 Å². The van der Waals surface area contributed by atoms with E-state index in [1.165, 1.54) is 21.0 Å². The van der Waals surface area contributed by atoms with Crippen molar-refractivity contribution in [3.05, 3.63) is 72.3 Å². The van der Waals surface area contributed by atoms with Gasteiger partial charge in [-0.2, -0.15) is 0 Å². The molecule has 0 aliphatic rings. The fourth-order valence-corrected chi connectivity index (χ4v) is 3.93. The van der Waals surface area contributed by atoms with E-state index in [1.807, 2.05) is 0 Å². The third-order valence-electron chi connectivity index (χ3n) is 2.93. The van der Waals surface area contributed by atoms with E-state index in [4.69, 9.17) is 0 Å². The summed E-state index contributed by atoms with van der Waals surface area (Å²) in [7, 11) is 1.80. The van der Waals surface area contributed by atoms with Crippen molar-refractivity contribution in [2.75, 3.05) is 0 Å². The maximum Gasteiger partial charge on any atom is 0 e. The molecule has 0 fully saturated rings. The normalized spacial score (nSPS) is 10.5. The second-order valence-electron chi connectivity index (χ2n) is 4.13. The van der Waals surface area contributed by atoms with Gasteiger partial charge in [-0.1, -0.05) is 60.7 Å². The third kappa shape index (κ3) is 3.70. The van der Waals surface area contributed by atoms with Crippen molar-refractivity contribution in [2.24, 2.45) is 0 Å². The zero-order chi connectivity index (χ0) is 12.2. The summed E-state index contributed by atoms with van der Waals surface area (Å²) in [5.41, 5.74) is 0. The van der Waals surface area contributed by atoms with E-state index in [0.717, 1.165) is 16.4 Å². The topological polar surface area (TPSA) is 0 Å². The predicted octanol–water partition coefficient (Wildman–Crippen LogP) is 5.74. The molecule has 3 heteroatoms. The first kappa shape index (κ1) is 14.8. The van der Waals surface area contributed by atoms with Crippen molar-refractivity contribution in [1.29, 1.82) is 0 Å². The summed E-state index contributed by atoms with van der Waals surface area (Å²) in [4.78, 5) is 0. The molecule has 92 valence electrons. The second kappa shape index (κ2) is 7.26. The van der Waals surface area contributed by atoms with Crippen LogP contribution in [0.5, 0.6) is 0 Å². The van der Waals surface area contributed by atoms with Crippen LogP contribution in [0, 0.1) is 0 Å². The molecule has 0 bridgehead atoms. The van der Waals surface area contributed by atoms with Gasteiger partial charge >= 0.3 is 0 Å². The van der Waals surface area contributed by atoms with Crippen LogP contribution in [0.1, 0.15) is 0 Å². The first-order chi connectivity index (χ1) is 8.93. The average molecular weight is 359 g/mol. The molecule has 0 saturated carbocycles. The number of rotatable bonds is 0. The Morgan fingerprint density at radius 3 is 1.37 bits per heavy atom. The van der Waals surface area contributed by atoms with Crippen LogP contribution in [0.2, 0.25) is 0 Å². The van der Waals surface area contributed by atoms with Crippen molar-refractivity contribution in [1.82, 2.24) is 0 Å². The van der Waals surface area contributed by atoms with Crippen molar-refractivity contribution in [3.8, 4) is 0 Å². The van der Waals surface area contributed by atoms with Gasteiger partial charge in [-0.3, -0.25) is 0 Å². The van der Waals surface area contributed by atoms with Crippen LogP contribution in [-0.2, 0) is 26.2 Å². The Hall–Kier alpha value is -0.597. The minimum atomic E-state index is 0. The van der Waals surface area contributed by atoms with E-state index in [1.54, 1.807) is 0 Å². The smallest absolute Gasteiger partial charge is 0 e. The largest absolute Gasteiger partial charge is 0.132 e. The van der Waals surface area contributed by atoms with Gasteiger partial charge in [0.15, 0.2) is 0 Å². The van der Waals surface area contributed by atoms with Gasteiger partial charge in [-0.15, -0.1) is 16.4 Å². The first-order valence-electron chi connectivity index (χ1n) is 5.98. The molecule has 0 nitrogen and oxygen atoms in total. The minimum Gasteiger partial charge on any atom is -0.132 e. The summed E-state index contributed by atoms with van der Waals surface area (Å²) in [6.45, 7) is 0. The average Bonchev–Trinajstić information content (AvgIpc) is 3.08. The molecule has 4 aromatic rings. The minimum absolute atomic E-state index is 0. The molecule has 0 radical (unpaired) electrons. The molecule has 0 saturated heterocycles. The summed E-state index contributed by atoms with van der Waals surface area (Å²) in [6.07, 6.45) is 0. The Labute approximate surface area is 135 Å². The number of hydrogen-bond acceptors (Lipinski definition) is 0. The van der Waals surface area contributed by atoms with E-state index in [-0.39, 0.29) is 26.2 Å². The molecule has 0 aliphatic heterocycles. The van der Waals surface area contributed by atoms with Crippen LogP contribution in [0.3, 0.4) is 0 Å². The van der Waals surface area contributed by atoms with Crippen LogP contribution in [-0.4, -0.2) is 0 Å². The van der Waals surface area contributed by atoms with Gasteiger partial charge in [-0.25, -0.2) is 0 Å². The van der Waals surface area contributed by atoms with Gasteiger partial charge in [-0.05, 0) is 32.6 Å². The maximum atomic E-state index is 2.23. The molecule has 0 aliphatic carbocycles. The number of fused-ring (bicyclic) bond motifs is 2.